The number of nitrogens with one attached hydrogen (secondary N) is 2. The van der Waals surface area contributed by atoms with Crippen molar-refractivity contribution < 1.29 is 48.7 Å². The fourth-order valence-electron chi connectivity index (χ4n) is 7.30. The topological polar surface area (TPSA) is 176 Å². The molecule has 0 saturated carbocycles. The molecule has 49 heavy (non-hydrogen) atoms. The van der Waals surface area contributed by atoms with Crippen molar-refractivity contribution in [3.63, 3.8) is 0 Å². The first-order valence-electron chi connectivity index (χ1n) is 17.1. The van der Waals surface area contributed by atoms with E-state index in [0.717, 1.165) is 26.1 Å². The SMILES string of the molecule is C1CCNC1.CNC(=O)C1CCc2c(O)c3c(c(O)c2C1)C(=O)c1cccc(OC)c1C3=O.COC1CN(C2CCOC(C)C2O)CCO1. The molecule has 0 radical (unpaired) electrons. The molecule has 2 aromatic carbocycles. The molecule has 2 aromatic rings. The van der Waals surface area contributed by atoms with E-state index in [-0.39, 0.29) is 76.2 Å². The van der Waals surface area contributed by atoms with Crippen LogP contribution in [0, 0.1) is 5.92 Å². The maximum absolute atomic E-state index is 13.1. The summed E-state index contributed by atoms with van der Waals surface area (Å²) in [4.78, 5) is 40.5. The second-order valence-electron chi connectivity index (χ2n) is 12.9. The minimum absolute atomic E-state index is 0.0798. The molecule has 1 amide bonds. The number of ether oxygens (including phenoxy) is 4. The van der Waals surface area contributed by atoms with E-state index >= 15 is 0 Å². The Hall–Kier alpha value is -3.59. The Kier molecular flexibility index (Phi) is 12.3. The summed E-state index contributed by atoms with van der Waals surface area (Å²) < 4.78 is 21.3. The van der Waals surface area contributed by atoms with Gasteiger partial charge in [0.25, 0.3) is 0 Å². The number of phenols is 2. The number of carbonyl (C=O) groups is 3. The molecular formula is C36H49N3O10. The van der Waals surface area contributed by atoms with E-state index in [4.69, 9.17) is 18.9 Å². The Morgan fingerprint density at radius 2 is 1.69 bits per heavy atom. The van der Waals surface area contributed by atoms with Crippen LogP contribution < -0.4 is 15.4 Å². The first-order valence-corrected chi connectivity index (χ1v) is 17.1. The number of aliphatic hydroxyl groups is 1. The molecule has 5 aliphatic rings. The first-order chi connectivity index (χ1) is 23.6. The van der Waals surface area contributed by atoms with Gasteiger partial charge in [-0.15, -0.1) is 0 Å². The van der Waals surface area contributed by atoms with Gasteiger partial charge in [-0.2, -0.15) is 0 Å². The Balaban J connectivity index is 0.000000186. The summed E-state index contributed by atoms with van der Waals surface area (Å²) in [5.41, 5.74) is 0.553. The largest absolute Gasteiger partial charge is 0.507 e. The molecular weight excluding hydrogens is 634 g/mol. The van der Waals surface area contributed by atoms with Gasteiger partial charge in [-0.25, -0.2) is 0 Å². The fourth-order valence-corrected chi connectivity index (χ4v) is 7.30. The van der Waals surface area contributed by atoms with E-state index in [0.29, 0.717) is 30.6 Å². The number of nitrogens with zero attached hydrogens (tertiary/aromatic N) is 1. The summed E-state index contributed by atoms with van der Waals surface area (Å²) in [7, 11) is 4.58. The van der Waals surface area contributed by atoms with Crippen molar-refractivity contribution in [2.75, 3.05) is 60.7 Å². The smallest absolute Gasteiger partial charge is 0.223 e. The number of hydrogen-bond acceptors (Lipinski definition) is 12. The van der Waals surface area contributed by atoms with Crippen molar-refractivity contribution in [3.8, 4) is 17.2 Å². The summed E-state index contributed by atoms with van der Waals surface area (Å²) in [5, 5.41) is 37.6. The Morgan fingerprint density at radius 1 is 0.980 bits per heavy atom. The van der Waals surface area contributed by atoms with Gasteiger partial charge in [0.2, 0.25) is 11.7 Å². The van der Waals surface area contributed by atoms with Crippen molar-refractivity contribution in [2.45, 2.75) is 70.0 Å². The number of ketones is 2. The number of methoxy groups -OCH3 is 2. The molecule has 5 N–H and O–H groups in total. The molecule has 13 nitrogen and oxygen atoms in total. The van der Waals surface area contributed by atoms with Crippen LogP contribution in [0.15, 0.2) is 18.2 Å². The van der Waals surface area contributed by atoms with Crippen LogP contribution in [-0.2, 0) is 31.8 Å². The molecule has 2 aliphatic carbocycles. The van der Waals surface area contributed by atoms with Gasteiger partial charge in [-0.3, -0.25) is 19.3 Å². The Labute approximate surface area is 286 Å². The Morgan fingerprint density at radius 3 is 2.35 bits per heavy atom. The summed E-state index contributed by atoms with van der Waals surface area (Å²) in [6.45, 7) is 7.39. The highest BCUT2D eigenvalue weighted by Crippen LogP contribution is 2.47. The number of phenolic OH excluding ortho intramolecular Hbond substituents is 2. The number of carbonyl (C=O) groups excluding carboxylic acids is 3. The van der Waals surface area contributed by atoms with Gasteiger partial charge in [0.15, 0.2) is 12.1 Å². The van der Waals surface area contributed by atoms with Gasteiger partial charge in [0.1, 0.15) is 17.2 Å². The summed E-state index contributed by atoms with van der Waals surface area (Å²) >= 11 is 0. The first kappa shape index (κ1) is 36.7. The summed E-state index contributed by atoms with van der Waals surface area (Å²) in [5.74, 6) is -2.05. The third-order valence-electron chi connectivity index (χ3n) is 10.1. The molecule has 5 atom stereocenters. The van der Waals surface area contributed by atoms with E-state index in [2.05, 4.69) is 15.5 Å². The van der Waals surface area contributed by atoms with Gasteiger partial charge >= 0.3 is 0 Å². The molecule has 3 heterocycles. The number of amides is 1. The second kappa shape index (κ2) is 16.4. The van der Waals surface area contributed by atoms with Crippen LogP contribution in [-0.4, -0.2) is 123 Å². The zero-order valence-electron chi connectivity index (χ0n) is 28.8. The van der Waals surface area contributed by atoms with Crippen LogP contribution in [0.25, 0.3) is 0 Å². The van der Waals surface area contributed by atoms with E-state index in [1.54, 1.807) is 19.2 Å². The van der Waals surface area contributed by atoms with E-state index in [9.17, 15) is 29.7 Å². The lowest BCUT2D eigenvalue weighted by atomic mass is 9.75. The third-order valence-corrected chi connectivity index (χ3v) is 10.1. The highest BCUT2D eigenvalue weighted by molar-refractivity contribution is 6.31. The van der Waals surface area contributed by atoms with Crippen LogP contribution in [0.3, 0.4) is 0 Å². The van der Waals surface area contributed by atoms with Crippen molar-refractivity contribution in [1.29, 1.82) is 0 Å². The van der Waals surface area contributed by atoms with Crippen LogP contribution in [0.1, 0.15) is 75.6 Å². The molecule has 0 bridgehead atoms. The van der Waals surface area contributed by atoms with Crippen LogP contribution in [0.2, 0.25) is 0 Å². The number of morpholine rings is 1. The standard InChI is InChI=1S/C21H19NO6.C11H21NO4.C4H9N/c1-22-21(27)9-6-7-10-12(8-9)19(25)15-16(17(10)23)20(26)14-11(18(15)24)4-3-5-13(14)28-2;1-8-11(13)9(3-5-15-8)12-4-6-16-10(7-12)14-2;1-2-4-5-3-1/h3-5,9,23,25H,6-8H2,1-2H3,(H,22,27);8-11,13H,3-7H2,1-2H3;5H,1-4H2. The molecule has 3 saturated heterocycles. The number of aliphatic hydroxyl groups excluding tert-OH is 1. The molecule has 7 rings (SSSR count). The van der Waals surface area contributed by atoms with Crippen LogP contribution >= 0.6 is 0 Å². The number of benzene rings is 2. The van der Waals surface area contributed by atoms with E-state index in [1.807, 2.05) is 6.92 Å². The number of rotatable bonds is 4. The van der Waals surface area contributed by atoms with Gasteiger partial charge in [-0.1, -0.05) is 12.1 Å². The Bertz CT molecular complexity index is 1520. The normalized spacial score (nSPS) is 26.2. The van der Waals surface area contributed by atoms with Crippen molar-refractivity contribution in [2.24, 2.45) is 5.92 Å². The molecule has 5 unspecified atom stereocenters. The molecule has 3 aliphatic heterocycles. The number of aromatic hydroxyl groups is 2. The number of hydrogen-bond donors (Lipinski definition) is 5. The monoisotopic (exact) mass is 683 g/mol. The molecule has 0 aromatic heterocycles. The molecule has 13 heteroatoms. The lowest BCUT2D eigenvalue weighted by Gasteiger charge is -2.43. The summed E-state index contributed by atoms with van der Waals surface area (Å²) in [6.07, 6.45) is 3.97. The zero-order chi connectivity index (χ0) is 35.2. The quantitative estimate of drug-likeness (QED) is 0.253. The third kappa shape index (κ3) is 7.62. The lowest BCUT2D eigenvalue weighted by molar-refractivity contribution is -0.190. The van der Waals surface area contributed by atoms with Crippen molar-refractivity contribution in [1.82, 2.24) is 15.5 Å². The molecule has 0 spiro atoms. The van der Waals surface area contributed by atoms with Crippen LogP contribution in [0.4, 0.5) is 0 Å². The molecule has 268 valence electrons. The fraction of sp³-hybridized carbons (Fsp3) is 0.583. The number of fused-ring (bicyclic) bond motifs is 3. The average molecular weight is 684 g/mol. The maximum Gasteiger partial charge on any atom is 0.223 e. The van der Waals surface area contributed by atoms with E-state index in [1.165, 1.54) is 46.2 Å². The van der Waals surface area contributed by atoms with Crippen molar-refractivity contribution in [3.05, 3.63) is 51.6 Å². The van der Waals surface area contributed by atoms with Gasteiger partial charge in [-0.05, 0) is 64.6 Å². The average Bonchev–Trinajstić information content (AvgIpc) is 3.73. The highest BCUT2D eigenvalue weighted by atomic mass is 16.7. The minimum atomic E-state index is -0.564. The second-order valence-corrected chi connectivity index (χ2v) is 12.9. The lowest BCUT2D eigenvalue weighted by Crippen LogP contribution is -2.57. The van der Waals surface area contributed by atoms with Gasteiger partial charge in [0, 0.05) is 62.5 Å². The van der Waals surface area contributed by atoms with Crippen molar-refractivity contribution >= 4 is 17.5 Å². The van der Waals surface area contributed by atoms with Crippen LogP contribution in [0.5, 0.6) is 17.2 Å². The van der Waals surface area contributed by atoms with Gasteiger partial charge < -0.3 is 44.9 Å². The maximum atomic E-state index is 13.1. The highest BCUT2D eigenvalue weighted by Gasteiger charge is 2.41. The van der Waals surface area contributed by atoms with E-state index < -0.39 is 17.7 Å². The summed E-state index contributed by atoms with van der Waals surface area (Å²) in [6, 6.07) is 4.82. The minimum Gasteiger partial charge on any atom is -0.507 e. The zero-order valence-corrected chi connectivity index (χ0v) is 28.8. The predicted octanol–water partition coefficient (Wildman–Crippen LogP) is 1.93. The molecule has 3 fully saturated rings. The predicted molar refractivity (Wildman–Crippen MR) is 179 cm³/mol. The van der Waals surface area contributed by atoms with Gasteiger partial charge in [0.05, 0.1) is 42.6 Å².